The topological polar surface area (TPSA) is 90.2 Å². The minimum Gasteiger partial charge on any atom is -0.444 e. The van der Waals surface area contributed by atoms with Gasteiger partial charge in [-0.15, -0.1) is 0 Å². The zero-order valence-electron chi connectivity index (χ0n) is 10.5. The molecule has 1 amide bonds. The summed E-state index contributed by atoms with van der Waals surface area (Å²) in [5, 5.41) is 28.5. The Hall–Kier alpha value is -0.850. The first kappa shape index (κ1) is 14.2. The third-order valence-electron chi connectivity index (χ3n) is 2.75. The molecule has 0 spiro atoms. The molecule has 0 saturated carbocycles. The van der Waals surface area contributed by atoms with Gasteiger partial charge in [-0.05, 0) is 27.2 Å². The lowest BCUT2D eigenvalue weighted by molar-refractivity contribution is -0.139. The first-order valence-corrected chi connectivity index (χ1v) is 5.67. The van der Waals surface area contributed by atoms with Crippen LogP contribution in [0, 0.1) is 0 Å². The second kappa shape index (κ2) is 4.80. The Bertz CT molecular complexity index is 288. The van der Waals surface area contributed by atoms with Gasteiger partial charge < -0.3 is 25.0 Å². The van der Waals surface area contributed by atoms with Crippen molar-refractivity contribution in [2.24, 2.45) is 0 Å². The number of β-amino-alcohol motifs (C(OH)–C–C–N with tert-alkyl or cyclic N) is 1. The van der Waals surface area contributed by atoms with Crippen LogP contribution in [0.15, 0.2) is 0 Å². The number of carbonyl (C=O) groups is 1. The van der Waals surface area contributed by atoms with E-state index >= 15 is 0 Å². The zero-order chi connectivity index (χ0) is 13.3. The molecule has 6 heteroatoms. The van der Waals surface area contributed by atoms with E-state index in [1.54, 1.807) is 20.8 Å². The van der Waals surface area contributed by atoms with Crippen LogP contribution in [0.1, 0.15) is 27.2 Å². The van der Waals surface area contributed by atoms with Crippen molar-refractivity contribution in [2.75, 3.05) is 19.7 Å². The van der Waals surface area contributed by atoms with Gasteiger partial charge in [-0.1, -0.05) is 0 Å². The highest BCUT2D eigenvalue weighted by atomic mass is 16.6. The third kappa shape index (κ3) is 3.55. The average molecular weight is 247 g/mol. The van der Waals surface area contributed by atoms with Crippen LogP contribution in [-0.2, 0) is 4.74 Å². The van der Waals surface area contributed by atoms with E-state index in [-0.39, 0.29) is 19.5 Å². The van der Waals surface area contributed by atoms with Gasteiger partial charge in [0.15, 0.2) is 0 Å². The van der Waals surface area contributed by atoms with Crippen molar-refractivity contribution in [1.82, 2.24) is 4.90 Å². The summed E-state index contributed by atoms with van der Waals surface area (Å²) in [6.45, 7) is 4.98. The fraction of sp³-hybridized carbons (Fsp3) is 0.909. The summed E-state index contributed by atoms with van der Waals surface area (Å²) in [4.78, 5) is 13.0. The van der Waals surface area contributed by atoms with E-state index in [2.05, 4.69) is 0 Å². The van der Waals surface area contributed by atoms with Crippen LogP contribution in [0.2, 0.25) is 0 Å². The van der Waals surface area contributed by atoms with E-state index in [9.17, 15) is 15.0 Å². The zero-order valence-corrected chi connectivity index (χ0v) is 10.5. The molecule has 1 fully saturated rings. The highest BCUT2D eigenvalue weighted by molar-refractivity contribution is 5.68. The molecule has 1 unspecified atom stereocenters. The molecule has 1 saturated heterocycles. The molecule has 0 radical (unpaired) electrons. The minimum atomic E-state index is -1.52. The van der Waals surface area contributed by atoms with E-state index in [0.29, 0.717) is 0 Å². The monoisotopic (exact) mass is 247 g/mol. The summed E-state index contributed by atoms with van der Waals surface area (Å²) in [6, 6.07) is 0. The number of aliphatic hydroxyl groups excluding tert-OH is 2. The van der Waals surface area contributed by atoms with Gasteiger partial charge in [0.25, 0.3) is 0 Å². The smallest absolute Gasteiger partial charge is 0.410 e. The number of aliphatic hydroxyl groups is 3. The standard InChI is InChI=1S/C11H21NO5/c1-10(2,3)17-9(15)12-5-4-11(16,7-13)8(14)6-12/h8,13-14,16H,4-7H2,1-3H3/t8?,11-/m1/s1. The lowest BCUT2D eigenvalue weighted by Crippen LogP contribution is -2.59. The Balaban J connectivity index is 2.58. The van der Waals surface area contributed by atoms with E-state index in [1.807, 2.05) is 0 Å². The van der Waals surface area contributed by atoms with Gasteiger partial charge in [-0.3, -0.25) is 0 Å². The molecular formula is C11H21NO5. The summed E-state index contributed by atoms with van der Waals surface area (Å²) < 4.78 is 5.16. The van der Waals surface area contributed by atoms with Crippen molar-refractivity contribution in [2.45, 2.75) is 44.5 Å². The fourth-order valence-electron chi connectivity index (χ4n) is 1.64. The number of ether oxygens (including phenoxy) is 1. The van der Waals surface area contributed by atoms with Crippen molar-refractivity contribution < 1.29 is 24.9 Å². The average Bonchev–Trinajstić information content (AvgIpc) is 2.19. The number of hydrogen-bond donors (Lipinski definition) is 3. The van der Waals surface area contributed by atoms with E-state index in [1.165, 1.54) is 4.90 Å². The first-order chi connectivity index (χ1) is 7.68. The molecule has 2 atom stereocenters. The second-order valence-electron chi connectivity index (χ2n) is 5.45. The molecule has 0 aromatic rings. The number of piperidine rings is 1. The molecule has 1 aliphatic heterocycles. The van der Waals surface area contributed by atoms with Crippen molar-refractivity contribution in [3.05, 3.63) is 0 Å². The van der Waals surface area contributed by atoms with Gasteiger partial charge in [0.2, 0.25) is 0 Å². The molecule has 0 bridgehead atoms. The fourth-order valence-corrected chi connectivity index (χ4v) is 1.64. The van der Waals surface area contributed by atoms with E-state index in [4.69, 9.17) is 9.84 Å². The van der Waals surface area contributed by atoms with Crippen LogP contribution in [0.3, 0.4) is 0 Å². The molecule has 1 heterocycles. The summed E-state index contributed by atoms with van der Waals surface area (Å²) in [5.41, 5.74) is -2.11. The van der Waals surface area contributed by atoms with Gasteiger partial charge >= 0.3 is 6.09 Å². The SMILES string of the molecule is CC(C)(C)OC(=O)N1CC[C@@](O)(CO)C(O)C1. The number of hydrogen-bond acceptors (Lipinski definition) is 5. The Kier molecular flexibility index (Phi) is 4.01. The van der Waals surface area contributed by atoms with Crippen LogP contribution in [0.4, 0.5) is 4.79 Å². The summed E-state index contributed by atoms with van der Waals surface area (Å²) in [7, 11) is 0. The van der Waals surface area contributed by atoms with Crippen molar-refractivity contribution >= 4 is 6.09 Å². The summed E-state index contributed by atoms with van der Waals surface area (Å²) in [6.07, 6.45) is -1.55. The summed E-state index contributed by atoms with van der Waals surface area (Å²) >= 11 is 0. The number of likely N-dealkylation sites (tertiary alicyclic amines) is 1. The maximum atomic E-state index is 11.7. The summed E-state index contributed by atoms with van der Waals surface area (Å²) in [5.74, 6) is 0. The molecule has 17 heavy (non-hydrogen) atoms. The van der Waals surface area contributed by atoms with Gasteiger partial charge in [-0.2, -0.15) is 0 Å². The molecule has 3 N–H and O–H groups in total. The highest BCUT2D eigenvalue weighted by Gasteiger charge is 2.42. The minimum absolute atomic E-state index is 0.0357. The molecule has 0 aromatic heterocycles. The number of nitrogens with zero attached hydrogens (tertiary/aromatic N) is 1. The normalized spacial score (nSPS) is 30.2. The van der Waals surface area contributed by atoms with E-state index in [0.717, 1.165) is 0 Å². The third-order valence-corrected chi connectivity index (χ3v) is 2.75. The number of rotatable bonds is 1. The molecule has 0 aliphatic carbocycles. The molecule has 100 valence electrons. The molecule has 6 nitrogen and oxygen atoms in total. The predicted molar refractivity (Wildman–Crippen MR) is 60.5 cm³/mol. The van der Waals surface area contributed by atoms with E-state index < -0.39 is 30.0 Å². The number of amides is 1. The van der Waals surface area contributed by atoms with Crippen LogP contribution < -0.4 is 0 Å². The maximum absolute atomic E-state index is 11.7. The Labute approximate surface area is 101 Å². The Morgan fingerprint density at radius 1 is 1.53 bits per heavy atom. The van der Waals surface area contributed by atoms with Gasteiger partial charge in [0, 0.05) is 6.54 Å². The van der Waals surface area contributed by atoms with Crippen LogP contribution in [0.5, 0.6) is 0 Å². The molecule has 1 rings (SSSR count). The van der Waals surface area contributed by atoms with Crippen molar-refractivity contribution in [3.63, 3.8) is 0 Å². The maximum Gasteiger partial charge on any atom is 0.410 e. The second-order valence-corrected chi connectivity index (χ2v) is 5.45. The predicted octanol–water partition coefficient (Wildman–Crippen LogP) is -0.289. The quantitative estimate of drug-likeness (QED) is 0.592. The van der Waals surface area contributed by atoms with Crippen LogP contribution in [-0.4, -0.2) is 63.3 Å². The lowest BCUT2D eigenvalue weighted by Gasteiger charge is -2.41. The lowest BCUT2D eigenvalue weighted by atomic mass is 9.90. The Morgan fingerprint density at radius 2 is 2.12 bits per heavy atom. The van der Waals surface area contributed by atoms with Crippen molar-refractivity contribution in [1.29, 1.82) is 0 Å². The largest absolute Gasteiger partial charge is 0.444 e. The van der Waals surface area contributed by atoms with Crippen LogP contribution >= 0.6 is 0 Å². The molecule has 0 aromatic carbocycles. The number of carbonyl (C=O) groups excluding carboxylic acids is 1. The highest BCUT2D eigenvalue weighted by Crippen LogP contribution is 2.23. The van der Waals surface area contributed by atoms with Crippen LogP contribution in [0.25, 0.3) is 0 Å². The van der Waals surface area contributed by atoms with Crippen molar-refractivity contribution in [3.8, 4) is 0 Å². The Morgan fingerprint density at radius 3 is 2.53 bits per heavy atom. The first-order valence-electron chi connectivity index (χ1n) is 5.67. The van der Waals surface area contributed by atoms with Gasteiger partial charge in [0.1, 0.15) is 17.3 Å². The van der Waals surface area contributed by atoms with Gasteiger partial charge in [0.05, 0.1) is 13.2 Å². The molecular weight excluding hydrogens is 226 g/mol. The van der Waals surface area contributed by atoms with Gasteiger partial charge in [-0.25, -0.2) is 4.79 Å². The molecule has 1 aliphatic rings.